The molecule has 1 aromatic carbocycles. The number of rotatable bonds is 2. The largest absolute Gasteiger partial charge is 0.280 e. The first-order valence-electron chi connectivity index (χ1n) is 6.41. The highest BCUT2D eigenvalue weighted by Gasteiger charge is 2.21. The molecule has 0 amide bonds. The van der Waals surface area contributed by atoms with Crippen LogP contribution in [0.1, 0.15) is 23.8 Å². The summed E-state index contributed by atoms with van der Waals surface area (Å²) < 4.78 is 30.1. The molecule has 0 fully saturated rings. The molecule has 0 aliphatic rings. The second-order valence-corrected chi connectivity index (χ2v) is 5.56. The van der Waals surface area contributed by atoms with E-state index in [1.54, 1.807) is 23.2 Å². The number of aryl methyl sites for hydroxylation is 2. The molecule has 2 heterocycles. The number of nitrogens with zero attached hydrogens (tertiary/aromatic N) is 4. The zero-order valence-electron chi connectivity index (χ0n) is 11.7. The van der Waals surface area contributed by atoms with E-state index < -0.39 is 11.6 Å². The molecule has 2 aromatic heterocycles. The number of halogens is 3. The van der Waals surface area contributed by atoms with Crippen LogP contribution in [0.3, 0.4) is 0 Å². The van der Waals surface area contributed by atoms with E-state index in [2.05, 4.69) is 10.1 Å². The third-order valence-corrected chi connectivity index (χ3v) is 3.54. The molecule has 0 saturated heterocycles. The second kappa shape index (κ2) is 4.80. The van der Waals surface area contributed by atoms with Gasteiger partial charge in [0.2, 0.25) is 0 Å². The van der Waals surface area contributed by atoms with E-state index in [1.165, 1.54) is 6.07 Å². The fourth-order valence-corrected chi connectivity index (χ4v) is 2.58. The molecule has 21 heavy (non-hydrogen) atoms. The van der Waals surface area contributed by atoms with Gasteiger partial charge in [-0.15, -0.1) is 11.6 Å². The Balaban J connectivity index is 2.38. The van der Waals surface area contributed by atoms with Gasteiger partial charge in [0.05, 0.1) is 16.8 Å². The van der Waals surface area contributed by atoms with E-state index in [0.29, 0.717) is 22.7 Å². The number of hydrogen-bond acceptors (Lipinski definition) is 2. The average Bonchev–Trinajstić information content (AvgIpc) is 2.93. The molecular formula is C14H13ClF2N4. The molecule has 0 aliphatic heterocycles. The van der Waals surface area contributed by atoms with E-state index in [-0.39, 0.29) is 5.38 Å². The van der Waals surface area contributed by atoms with Crippen molar-refractivity contribution >= 4 is 22.8 Å². The Labute approximate surface area is 125 Å². The van der Waals surface area contributed by atoms with E-state index in [0.717, 1.165) is 17.8 Å². The van der Waals surface area contributed by atoms with Crippen molar-refractivity contribution in [3.05, 3.63) is 41.4 Å². The van der Waals surface area contributed by atoms with Gasteiger partial charge in [-0.1, -0.05) is 0 Å². The zero-order chi connectivity index (χ0) is 15.3. The first-order valence-corrected chi connectivity index (χ1v) is 6.85. The molecule has 3 rings (SSSR count). The van der Waals surface area contributed by atoms with E-state index in [1.807, 2.05) is 6.92 Å². The second-order valence-electron chi connectivity index (χ2n) is 4.90. The quantitative estimate of drug-likeness (QED) is 0.677. The monoisotopic (exact) mass is 310 g/mol. The summed E-state index contributed by atoms with van der Waals surface area (Å²) in [4.78, 5) is 4.49. The van der Waals surface area contributed by atoms with Crippen molar-refractivity contribution < 1.29 is 8.78 Å². The topological polar surface area (TPSA) is 35.6 Å². The van der Waals surface area contributed by atoms with Crippen LogP contribution in [0.15, 0.2) is 18.2 Å². The summed E-state index contributed by atoms with van der Waals surface area (Å²) in [7, 11) is 1.77. The van der Waals surface area contributed by atoms with Crippen molar-refractivity contribution in [1.29, 1.82) is 0 Å². The Morgan fingerprint density at radius 1 is 1.24 bits per heavy atom. The van der Waals surface area contributed by atoms with E-state index in [9.17, 15) is 8.78 Å². The minimum absolute atomic E-state index is 0.384. The van der Waals surface area contributed by atoms with Crippen molar-refractivity contribution in [3.63, 3.8) is 0 Å². The first kappa shape index (κ1) is 14.0. The zero-order valence-corrected chi connectivity index (χ0v) is 12.5. The van der Waals surface area contributed by atoms with Gasteiger partial charge in [0.15, 0.2) is 17.3 Å². The van der Waals surface area contributed by atoms with E-state index >= 15 is 0 Å². The maximum atomic E-state index is 13.5. The van der Waals surface area contributed by atoms with Gasteiger partial charge in [-0.2, -0.15) is 5.10 Å². The molecule has 110 valence electrons. The first-order chi connectivity index (χ1) is 9.90. The lowest BCUT2D eigenvalue weighted by Gasteiger charge is -2.11. The lowest BCUT2D eigenvalue weighted by atomic mass is 10.3. The molecule has 0 saturated carbocycles. The van der Waals surface area contributed by atoms with Gasteiger partial charge in [-0.3, -0.25) is 4.57 Å². The van der Waals surface area contributed by atoms with Crippen molar-refractivity contribution in [2.24, 2.45) is 7.05 Å². The minimum Gasteiger partial charge on any atom is -0.280 e. The number of alkyl halides is 1. The molecule has 0 bridgehead atoms. The summed E-state index contributed by atoms with van der Waals surface area (Å²) >= 11 is 6.18. The molecule has 0 N–H and O–H groups in total. The van der Waals surface area contributed by atoms with Gasteiger partial charge in [-0.05, 0) is 26.0 Å². The van der Waals surface area contributed by atoms with Crippen LogP contribution < -0.4 is 0 Å². The van der Waals surface area contributed by atoms with Crippen LogP contribution in [-0.4, -0.2) is 19.3 Å². The molecular weight excluding hydrogens is 298 g/mol. The highest BCUT2D eigenvalue weighted by Crippen LogP contribution is 2.29. The third kappa shape index (κ3) is 2.10. The van der Waals surface area contributed by atoms with Crippen LogP contribution >= 0.6 is 11.6 Å². The maximum absolute atomic E-state index is 13.5. The Morgan fingerprint density at radius 3 is 2.57 bits per heavy atom. The Hall–Kier alpha value is -1.95. The number of hydrogen-bond donors (Lipinski definition) is 0. The molecule has 0 radical (unpaired) electrons. The fraction of sp³-hybridized carbons (Fsp3) is 0.286. The molecule has 7 heteroatoms. The highest BCUT2D eigenvalue weighted by atomic mass is 35.5. The van der Waals surface area contributed by atoms with Gasteiger partial charge < -0.3 is 0 Å². The lowest BCUT2D eigenvalue weighted by Crippen LogP contribution is -2.06. The third-order valence-electron chi connectivity index (χ3n) is 3.35. The summed E-state index contributed by atoms with van der Waals surface area (Å²) in [5.41, 5.74) is 2.61. The van der Waals surface area contributed by atoms with Crippen LogP contribution in [0, 0.1) is 18.6 Å². The van der Waals surface area contributed by atoms with Gasteiger partial charge >= 0.3 is 0 Å². The summed E-state index contributed by atoms with van der Waals surface area (Å²) in [6.07, 6.45) is 0. The molecule has 0 aliphatic carbocycles. The molecule has 1 atom stereocenters. The molecule has 1 unspecified atom stereocenters. The highest BCUT2D eigenvalue weighted by molar-refractivity contribution is 6.20. The summed E-state index contributed by atoms with van der Waals surface area (Å²) in [5, 5.41) is 3.91. The van der Waals surface area contributed by atoms with Crippen molar-refractivity contribution in [1.82, 2.24) is 19.3 Å². The Bertz CT molecular complexity index is 835. The molecule has 3 aromatic rings. The summed E-state index contributed by atoms with van der Waals surface area (Å²) in [6, 6.07) is 3.70. The van der Waals surface area contributed by atoms with Gasteiger partial charge in [-0.25, -0.2) is 18.4 Å². The minimum atomic E-state index is -0.915. The van der Waals surface area contributed by atoms with E-state index in [4.69, 9.17) is 11.6 Å². The van der Waals surface area contributed by atoms with Gasteiger partial charge in [0, 0.05) is 13.1 Å². The fourth-order valence-electron chi connectivity index (χ4n) is 2.43. The Morgan fingerprint density at radius 2 is 1.95 bits per heavy atom. The number of benzene rings is 1. The number of imidazole rings is 1. The Kier molecular flexibility index (Phi) is 3.20. The normalized spacial score (nSPS) is 13.0. The van der Waals surface area contributed by atoms with Crippen LogP contribution in [0.5, 0.6) is 0 Å². The van der Waals surface area contributed by atoms with Crippen molar-refractivity contribution in [3.8, 4) is 5.69 Å². The predicted molar refractivity (Wildman–Crippen MR) is 76.8 cm³/mol. The SMILES string of the molecule is Cc1nn(C)c2c1nc(C(C)Cl)n2-c1ccc(F)c(F)c1. The van der Waals surface area contributed by atoms with Crippen LogP contribution in [-0.2, 0) is 7.05 Å². The standard InChI is InChI=1S/C14H13ClF2N4/c1-7(15)13-18-12-8(2)19-20(3)14(12)21(13)9-4-5-10(16)11(17)6-9/h4-7H,1-3H3. The van der Waals surface area contributed by atoms with Gasteiger partial charge in [0.1, 0.15) is 11.3 Å². The summed E-state index contributed by atoms with van der Waals surface area (Å²) in [6.45, 7) is 3.62. The number of aromatic nitrogens is 4. The smallest absolute Gasteiger partial charge is 0.163 e. The molecule has 0 spiro atoms. The summed E-state index contributed by atoms with van der Waals surface area (Å²) in [5.74, 6) is -1.24. The van der Waals surface area contributed by atoms with Crippen LogP contribution in [0.4, 0.5) is 8.78 Å². The van der Waals surface area contributed by atoms with Crippen LogP contribution in [0.2, 0.25) is 0 Å². The van der Waals surface area contributed by atoms with Crippen molar-refractivity contribution in [2.45, 2.75) is 19.2 Å². The maximum Gasteiger partial charge on any atom is 0.163 e. The van der Waals surface area contributed by atoms with Crippen molar-refractivity contribution in [2.75, 3.05) is 0 Å². The average molecular weight is 311 g/mol. The van der Waals surface area contributed by atoms with Gasteiger partial charge in [0.25, 0.3) is 0 Å². The number of fused-ring (bicyclic) bond motifs is 1. The van der Waals surface area contributed by atoms with Crippen LogP contribution in [0.25, 0.3) is 16.9 Å². The predicted octanol–water partition coefficient (Wildman–Crippen LogP) is 3.65. The lowest BCUT2D eigenvalue weighted by molar-refractivity contribution is 0.508. The molecule has 4 nitrogen and oxygen atoms in total.